The molecule has 1 aliphatic carbocycles. The molecule has 1 N–H and O–H groups in total. The average Bonchev–Trinajstić information content (AvgIpc) is 2.41. The van der Waals surface area contributed by atoms with Crippen molar-refractivity contribution in [3.8, 4) is 6.07 Å². The van der Waals surface area contributed by atoms with Crippen LogP contribution in [0.4, 0.5) is 0 Å². The molecule has 3 heteroatoms. The van der Waals surface area contributed by atoms with Crippen LogP contribution in [0.2, 0.25) is 0 Å². The van der Waals surface area contributed by atoms with Gasteiger partial charge in [0.1, 0.15) is 11.8 Å². The topological polar surface area (TPSA) is 48.7 Å². The van der Waals surface area contributed by atoms with Gasteiger partial charge >= 0.3 is 0 Å². The third kappa shape index (κ3) is 2.88. The smallest absolute Gasteiger partial charge is 0.144 e. The van der Waals surface area contributed by atoms with Gasteiger partial charge in [-0.25, -0.2) is 4.98 Å². The zero-order chi connectivity index (χ0) is 13.0. The lowest BCUT2D eigenvalue weighted by Gasteiger charge is -2.34. The van der Waals surface area contributed by atoms with Crippen molar-refractivity contribution >= 4 is 0 Å². The predicted octanol–water partition coefficient (Wildman–Crippen LogP) is 2.87. The Labute approximate surface area is 109 Å². The van der Waals surface area contributed by atoms with Gasteiger partial charge in [-0.15, -0.1) is 0 Å². The fraction of sp³-hybridized carbons (Fsp3) is 0.600. The first-order valence-electron chi connectivity index (χ1n) is 6.79. The molecule has 1 saturated carbocycles. The van der Waals surface area contributed by atoms with Crippen LogP contribution in [0.25, 0.3) is 0 Å². The van der Waals surface area contributed by atoms with Gasteiger partial charge in [0.15, 0.2) is 0 Å². The van der Waals surface area contributed by atoms with Gasteiger partial charge in [-0.1, -0.05) is 32.8 Å². The summed E-state index contributed by atoms with van der Waals surface area (Å²) < 4.78 is 0. The number of hydrogen-bond donors (Lipinski definition) is 1. The van der Waals surface area contributed by atoms with Crippen molar-refractivity contribution in [3.63, 3.8) is 0 Å². The lowest BCUT2D eigenvalue weighted by atomic mass is 9.78. The Kier molecular flexibility index (Phi) is 4.33. The van der Waals surface area contributed by atoms with Crippen LogP contribution in [0.5, 0.6) is 0 Å². The number of nitriles is 1. The Morgan fingerprint density at radius 3 is 3.06 bits per heavy atom. The second-order valence-electron chi connectivity index (χ2n) is 5.38. The van der Waals surface area contributed by atoms with E-state index in [2.05, 4.69) is 30.2 Å². The van der Waals surface area contributed by atoms with E-state index < -0.39 is 0 Å². The Bertz CT molecular complexity index is 436. The van der Waals surface area contributed by atoms with Gasteiger partial charge in [0, 0.05) is 24.3 Å². The molecular formula is C15H21N3. The summed E-state index contributed by atoms with van der Waals surface area (Å²) in [7, 11) is 0. The molecular weight excluding hydrogens is 222 g/mol. The predicted molar refractivity (Wildman–Crippen MR) is 71.8 cm³/mol. The monoisotopic (exact) mass is 243 g/mol. The Hall–Kier alpha value is -1.40. The summed E-state index contributed by atoms with van der Waals surface area (Å²) in [5, 5.41) is 12.6. The normalized spacial score (nSPS) is 27.7. The number of rotatable bonds is 3. The summed E-state index contributed by atoms with van der Waals surface area (Å²) in [6.45, 7) is 5.41. The van der Waals surface area contributed by atoms with E-state index in [-0.39, 0.29) is 0 Å². The van der Waals surface area contributed by atoms with Crippen molar-refractivity contribution in [3.05, 3.63) is 29.6 Å². The number of hydrogen-bond acceptors (Lipinski definition) is 3. The van der Waals surface area contributed by atoms with Crippen LogP contribution in [0.3, 0.4) is 0 Å². The van der Waals surface area contributed by atoms with Gasteiger partial charge in [0.25, 0.3) is 0 Å². The number of pyridine rings is 1. The molecule has 0 bridgehead atoms. The fourth-order valence-electron chi connectivity index (χ4n) is 2.79. The summed E-state index contributed by atoms with van der Waals surface area (Å²) in [6.07, 6.45) is 5.57. The van der Waals surface area contributed by atoms with E-state index in [1.165, 1.54) is 19.3 Å². The first-order valence-corrected chi connectivity index (χ1v) is 6.79. The molecule has 1 aliphatic rings. The molecule has 0 spiro atoms. The van der Waals surface area contributed by atoms with E-state index in [1.54, 1.807) is 6.20 Å². The zero-order valence-electron chi connectivity index (χ0n) is 11.2. The molecule has 2 rings (SSSR count). The molecule has 0 amide bonds. The molecule has 0 aliphatic heterocycles. The minimum Gasteiger partial charge on any atom is -0.310 e. The van der Waals surface area contributed by atoms with Crippen molar-refractivity contribution < 1.29 is 0 Å². The van der Waals surface area contributed by atoms with E-state index in [9.17, 15) is 0 Å². The fourth-order valence-corrected chi connectivity index (χ4v) is 2.79. The van der Waals surface area contributed by atoms with Crippen molar-refractivity contribution in [1.82, 2.24) is 10.3 Å². The Balaban J connectivity index is 1.97. The first-order chi connectivity index (χ1) is 8.72. The molecule has 0 aromatic carbocycles. The summed E-state index contributed by atoms with van der Waals surface area (Å²) >= 11 is 0. The average molecular weight is 243 g/mol. The van der Waals surface area contributed by atoms with E-state index in [0.717, 1.165) is 18.0 Å². The SMILES string of the molecule is CC1CCCC(NCc2cccnc2C#N)C1C. The largest absolute Gasteiger partial charge is 0.310 e. The number of nitrogens with zero attached hydrogens (tertiary/aromatic N) is 2. The highest BCUT2D eigenvalue weighted by atomic mass is 14.9. The summed E-state index contributed by atoms with van der Waals surface area (Å²) in [5.41, 5.74) is 1.55. The van der Waals surface area contributed by atoms with E-state index in [0.29, 0.717) is 17.7 Å². The maximum Gasteiger partial charge on any atom is 0.144 e. The van der Waals surface area contributed by atoms with Crippen LogP contribution in [0.15, 0.2) is 18.3 Å². The van der Waals surface area contributed by atoms with Crippen molar-refractivity contribution in [2.24, 2.45) is 11.8 Å². The second-order valence-corrected chi connectivity index (χ2v) is 5.38. The zero-order valence-corrected chi connectivity index (χ0v) is 11.2. The van der Waals surface area contributed by atoms with Crippen LogP contribution in [0.1, 0.15) is 44.4 Å². The molecule has 3 atom stereocenters. The maximum atomic E-state index is 9.01. The van der Waals surface area contributed by atoms with Crippen LogP contribution in [-0.2, 0) is 6.54 Å². The first kappa shape index (κ1) is 13.0. The molecule has 96 valence electrons. The third-order valence-corrected chi connectivity index (χ3v) is 4.26. The van der Waals surface area contributed by atoms with Crippen LogP contribution in [0, 0.1) is 23.2 Å². The summed E-state index contributed by atoms with van der Waals surface area (Å²) in [6, 6.07) is 6.60. The standard InChI is InChI=1S/C15H21N3/c1-11-5-3-7-14(12(11)2)18-10-13-6-4-8-17-15(13)9-16/h4,6,8,11-12,14,18H,3,5,7,10H2,1-2H3. The quantitative estimate of drug-likeness (QED) is 0.888. The van der Waals surface area contributed by atoms with Crippen LogP contribution < -0.4 is 5.32 Å². The van der Waals surface area contributed by atoms with Crippen molar-refractivity contribution in [2.75, 3.05) is 0 Å². The van der Waals surface area contributed by atoms with Gasteiger partial charge in [-0.3, -0.25) is 0 Å². The van der Waals surface area contributed by atoms with Gasteiger partial charge in [0.2, 0.25) is 0 Å². The highest BCUT2D eigenvalue weighted by Crippen LogP contribution is 2.29. The van der Waals surface area contributed by atoms with Gasteiger partial charge < -0.3 is 5.32 Å². The molecule has 18 heavy (non-hydrogen) atoms. The molecule has 0 saturated heterocycles. The second kappa shape index (κ2) is 5.97. The van der Waals surface area contributed by atoms with E-state index in [1.807, 2.05) is 12.1 Å². The highest BCUT2D eigenvalue weighted by molar-refractivity contribution is 5.30. The van der Waals surface area contributed by atoms with Crippen molar-refractivity contribution in [2.45, 2.75) is 45.7 Å². The molecule has 0 radical (unpaired) electrons. The maximum absolute atomic E-state index is 9.01. The molecule has 1 aromatic heterocycles. The lowest BCUT2D eigenvalue weighted by molar-refractivity contribution is 0.206. The summed E-state index contributed by atoms with van der Waals surface area (Å²) in [4.78, 5) is 4.09. The molecule has 1 aromatic rings. The van der Waals surface area contributed by atoms with Crippen molar-refractivity contribution in [1.29, 1.82) is 5.26 Å². The minimum atomic E-state index is 0.543. The van der Waals surface area contributed by atoms with Crippen LogP contribution in [-0.4, -0.2) is 11.0 Å². The summed E-state index contributed by atoms with van der Waals surface area (Å²) in [5.74, 6) is 1.50. The Morgan fingerprint density at radius 2 is 2.28 bits per heavy atom. The molecule has 1 heterocycles. The highest BCUT2D eigenvalue weighted by Gasteiger charge is 2.26. The van der Waals surface area contributed by atoms with E-state index >= 15 is 0 Å². The third-order valence-electron chi connectivity index (χ3n) is 4.26. The molecule has 3 nitrogen and oxygen atoms in total. The Morgan fingerprint density at radius 1 is 1.44 bits per heavy atom. The van der Waals surface area contributed by atoms with Crippen LogP contribution >= 0.6 is 0 Å². The lowest BCUT2D eigenvalue weighted by Crippen LogP contribution is -2.40. The minimum absolute atomic E-state index is 0.543. The van der Waals surface area contributed by atoms with Gasteiger partial charge in [0.05, 0.1) is 0 Å². The molecule has 3 unspecified atom stereocenters. The number of nitrogens with one attached hydrogen (secondary N) is 1. The molecule has 1 fully saturated rings. The van der Waals surface area contributed by atoms with E-state index in [4.69, 9.17) is 5.26 Å². The number of aromatic nitrogens is 1. The van der Waals surface area contributed by atoms with Gasteiger partial charge in [-0.2, -0.15) is 5.26 Å². The van der Waals surface area contributed by atoms with Gasteiger partial charge in [-0.05, 0) is 24.3 Å².